The van der Waals surface area contributed by atoms with Gasteiger partial charge in [-0.2, -0.15) is 0 Å². The van der Waals surface area contributed by atoms with Crippen molar-refractivity contribution in [3.05, 3.63) is 132 Å². The number of likely N-dealkylation sites (tertiary alicyclic amines) is 1. The largest absolute Gasteiger partial charge is 0.458 e. The lowest BCUT2D eigenvalue weighted by molar-refractivity contribution is -0.164. The highest BCUT2D eigenvalue weighted by atomic mass is 32.2. The summed E-state index contributed by atoms with van der Waals surface area (Å²) in [4.78, 5) is 54.2. The number of anilines is 1. The van der Waals surface area contributed by atoms with E-state index in [0.717, 1.165) is 16.5 Å². The standard InChI is InChI=1S/C38H38FN3O8S/c1-38(2,3)50-36(45)31-22-32(51(47,48)28-17-8-5-9-18-28)34(29-19-10-11-20-30(29)39)42(31)33(43)23-40-37(46)41-27-16-12-15-26(21-27)35(44)49-24-25-13-6-4-7-14-25/h4-21,31-32,34H,22-24H2,1-3H3,(H2,40,41,46). The quantitative estimate of drug-likeness (QED) is 0.195. The number of urea groups is 1. The summed E-state index contributed by atoms with van der Waals surface area (Å²) < 4.78 is 54.6. The van der Waals surface area contributed by atoms with E-state index in [1.807, 2.05) is 30.3 Å². The second kappa shape index (κ2) is 15.5. The Balaban J connectivity index is 1.37. The number of nitrogens with zero attached hydrogens (tertiary/aromatic N) is 1. The van der Waals surface area contributed by atoms with Gasteiger partial charge < -0.3 is 25.0 Å². The van der Waals surface area contributed by atoms with Gasteiger partial charge in [-0.3, -0.25) is 4.79 Å². The van der Waals surface area contributed by atoms with Crippen molar-refractivity contribution >= 4 is 39.4 Å². The lowest BCUT2D eigenvalue weighted by atomic mass is 10.0. The molecule has 266 valence electrons. The fourth-order valence-corrected chi connectivity index (χ4v) is 7.78. The van der Waals surface area contributed by atoms with E-state index in [1.165, 1.54) is 48.5 Å². The minimum absolute atomic E-state index is 0.0576. The van der Waals surface area contributed by atoms with Crippen LogP contribution in [-0.4, -0.2) is 60.6 Å². The van der Waals surface area contributed by atoms with Crippen LogP contribution >= 0.6 is 0 Å². The molecule has 0 radical (unpaired) electrons. The van der Waals surface area contributed by atoms with Crippen LogP contribution in [0.4, 0.5) is 14.9 Å². The minimum Gasteiger partial charge on any atom is -0.458 e. The fraction of sp³-hybridized carbons (Fsp3) is 0.263. The molecular formula is C38H38FN3O8S. The number of ether oxygens (including phenoxy) is 2. The number of esters is 2. The summed E-state index contributed by atoms with van der Waals surface area (Å²) in [6, 6.07) is 24.4. The van der Waals surface area contributed by atoms with Gasteiger partial charge in [0.15, 0.2) is 9.84 Å². The number of sulfone groups is 1. The molecule has 0 aromatic heterocycles. The van der Waals surface area contributed by atoms with Crippen LogP contribution in [-0.2, 0) is 35.5 Å². The fourth-order valence-electron chi connectivity index (χ4n) is 5.84. The molecule has 3 unspecified atom stereocenters. The van der Waals surface area contributed by atoms with Crippen LogP contribution in [0, 0.1) is 5.82 Å². The van der Waals surface area contributed by atoms with Crippen LogP contribution in [0.1, 0.15) is 54.7 Å². The molecule has 0 saturated carbocycles. The third-order valence-electron chi connectivity index (χ3n) is 8.07. The van der Waals surface area contributed by atoms with Gasteiger partial charge in [0.05, 0.1) is 28.3 Å². The Hall–Kier alpha value is -5.56. The number of hydrogen-bond acceptors (Lipinski definition) is 8. The first-order valence-corrected chi connectivity index (χ1v) is 17.7. The van der Waals surface area contributed by atoms with Gasteiger partial charge >= 0.3 is 18.0 Å². The highest BCUT2D eigenvalue weighted by Gasteiger charge is 2.54. The Morgan fingerprint density at radius 3 is 2.18 bits per heavy atom. The van der Waals surface area contributed by atoms with Gasteiger partial charge in [-0.05, 0) is 69.2 Å². The van der Waals surface area contributed by atoms with Gasteiger partial charge in [0.25, 0.3) is 0 Å². The van der Waals surface area contributed by atoms with E-state index in [0.29, 0.717) is 0 Å². The number of benzene rings is 4. The molecule has 0 spiro atoms. The topological polar surface area (TPSA) is 148 Å². The van der Waals surface area contributed by atoms with Crippen LogP contribution in [0.3, 0.4) is 0 Å². The van der Waals surface area contributed by atoms with Crippen molar-refractivity contribution in [3.8, 4) is 0 Å². The van der Waals surface area contributed by atoms with Crippen LogP contribution in [0.15, 0.2) is 114 Å². The zero-order valence-corrected chi connectivity index (χ0v) is 29.1. The van der Waals surface area contributed by atoms with E-state index >= 15 is 4.39 Å². The average molecular weight is 716 g/mol. The summed E-state index contributed by atoms with van der Waals surface area (Å²) in [6.07, 6.45) is -0.379. The summed E-state index contributed by atoms with van der Waals surface area (Å²) in [5.74, 6) is -3.10. The molecule has 4 aromatic carbocycles. The first kappa shape index (κ1) is 36.7. The SMILES string of the molecule is CC(C)(C)OC(=O)C1CC(S(=O)(=O)c2ccccc2)C(c2ccccc2F)N1C(=O)CNC(=O)Nc1cccc(C(=O)OCc2ccccc2)c1. The highest BCUT2D eigenvalue weighted by Crippen LogP contribution is 2.44. The Labute approximate surface area is 295 Å². The molecular weight excluding hydrogens is 677 g/mol. The monoisotopic (exact) mass is 715 g/mol. The molecule has 1 heterocycles. The molecule has 13 heteroatoms. The average Bonchev–Trinajstić information content (AvgIpc) is 3.52. The second-order valence-corrected chi connectivity index (χ2v) is 15.1. The van der Waals surface area contributed by atoms with Gasteiger partial charge in [0.1, 0.15) is 24.1 Å². The zero-order chi connectivity index (χ0) is 36.8. The van der Waals surface area contributed by atoms with Gasteiger partial charge in [-0.15, -0.1) is 0 Å². The third kappa shape index (κ3) is 8.97. The normalized spacial score (nSPS) is 17.3. The van der Waals surface area contributed by atoms with E-state index in [9.17, 15) is 27.6 Å². The number of rotatable bonds is 10. The lowest BCUT2D eigenvalue weighted by Crippen LogP contribution is -2.49. The van der Waals surface area contributed by atoms with Crippen molar-refractivity contribution in [1.29, 1.82) is 0 Å². The number of halogens is 1. The molecule has 0 bridgehead atoms. The molecule has 3 atom stereocenters. The van der Waals surface area contributed by atoms with Crippen molar-refractivity contribution in [2.75, 3.05) is 11.9 Å². The second-order valence-electron chi connectivity index (χ2n) is 12.9. The smallest absolute Gasteiger partial charge is 0.338 e. The molecule has 0 aliphatic carbocycles. The molecule has 11 nitrogen and oxygen atoms in total. The Morgan fingerprint density at radius 2 is 1.51 bits per heavy atom. The van der Waals surface area contributed by atoms with Crippen molar-refractivity contribution < 1.29 is 41.5 Å². The van der Waals surface area contributed by atoms with Crippen LogP contribution in [0.5, 0.6) is 0 Å². The molecule has 1 aliphatic heterocycles. The van der Waals surface area contributed by atoms with Gasteiger partial charge in [-0.1, -0.05) is 72.8 Å². The number of carbonyl (C=O) groups excluding carboxylic acids is 4. The summed E-state index contributed by atoms with van der Waals surface area (Å²) >= 11 is 0. The molecule has 5 rings (SSSR count). The number of amides is 3. The predicted octanol–water partition coefficient (Wildman–Crippen LogP) is 5.83. The Kier molecular flexibility index (Phi) is 11.2. The molecule has 1 saturated heterocycles. The molecule has 3 amide bonds. The maximum absolute atomic E-state index is 15.5. The number of carbonyl (C=O) groups is 4. The van der Waals surface area contributed by atoms with E-state index in [4.69, 9.17) is 9.47 Å². The van der Waals surface area contributed by atoms with E-state index in [1.54, 1.807) is 45.0 Å². The van der Waals surface area contributed by atoms with Crippen LogP contribution in [0.25, 0.3) is 0 Å². The number of nitrogens with one attached hydrogen (secondary N) is 2. The van der Waals surface area contributed by atoms with Crippen LogP contribution in [0.2, 0.25) is 0 Å². The minimum atomic E-state index is -4.24. The summed E-state index contributed by atoms with van der Waals surface area (Å²) in [5, 5.41) is 3.55. The summed E-state index contributed by atoms with van der Waals surface area (Å²) in [7, 11) is -4.24. The first-order chi connectivity index (χ1) is 24.2. The lowest BCUT2D eigenvalue weighted by Gasteiger charge is -2.32. The molecule has 4 aromatic rings. The van der Waals surface area contributed by atoms with E-state index in [2.05, 4.69) is 10.6 Å². The third-order valence-corrected chi connectivity index (χ3v) is 10.2. The van der Waals surface area contributed by atoms with Crippen LogP contribution < -0.4 is 10.6 Å². The van der Waals surface area contributed by atoms with E-state index in [-0.39, 0.29) is 34.7 Å². The molecule has 2 N–H and O–H groups in total. The highest BCUT2D eigenvalue weighted by molar-refractivity contribution is 7.92. The molecule has 1 fully saturated rings. The molecule has 1 aliphatic rings. The van der Waals surface area contributed by atoms with E-state index < -0.39 is 69.0 Å². The Bertz CT molecular complexity index is 2000. The Morgan fingerprint density at radius 1 is 0.863 bits per heavy atom. The number of hydrogen-bond donors (Lipinski definition) is 2. The summed E-state index contributed by atoms with van der Waals surface area (Å²) in [5.41, 5.74) is 0.103. The van der Waals surface area contributed by atoms with Crippen molar-refractivity contribution in [2.45, 2.75) is 61.6 Å². The molecule has 51 heavy (non-hydrogen) atoms. The van der Waals surface area contributed by atoms with Gasteiger partial charge in [0, 0.05) is 11.3 Å². The van der Waals surface area contributed by atoms with Gasteiger partial charge in [-0.25, -0.2) is 27.2 Å². The van der Waals surface area contributed by atoms with Crippen molar-refractivity contribution in [2.24, 2.45) is 0 Å². The maximum Gasteiger partial charge on any atom is 0.338 e. The van der Waals surface area contributed by atoms with Crippen molar-refractivity contribution in [3.63, 3.8) is 0 Å². The maximum atomic E-state index is 15.5. The zero-order valence-electron chi connectivity index (χ0n) is 28.2. The van der Waals surface area contributed by atoms with Crippen molar-refractivity contribution in [1.82, 2.24) is 10.2 Å². The first-order valence-electron chi connectivity index (χ1n) is 16.2. The predicted molar refractivity (Wildman–Crippen MR) is 187 cm³/mol. The van der Waals surface area contributed by atoms with Gasteiger partial charge in [0.2, 0.25) is 5.91 Å². The summed E-state index contributed by atoms with van der Waals surface area (Å²) in [6.45, 7) is 4.25.